The van der Waals surface area contributed by atoms with Crippen molar-refractivity contribution in [1.29, 1.82) is 0 Å². The van der Waals surface area contributed by atoms with Gasteiger partial charge in [-0.1, -0.05) is 12.1 Å². The Morgan fingerprint density at radius 3 is 2.23 bits per heavy atom. The molecule has 0 saturated heterocycles. The molecule has 0 atom stereocenters. The van der Waals surface area contributed by atoms with Crippen molar-refractivity contribution in [2.24, 2.45) is 0 Å². The van der Waals surface area contributed by atoms with Gasteiger partial charge in [-0.05, 0) is 12.1 Å². The largest absolute Gasteiger partial charge is 0.271 e. The van der Waals surface area contributed by atoms with E-state index in [4.69, 9.17) is 5.73 Å². The Bertz CT molecular complexity index is 436. The summed E-state index contributed by atoms with van der Waals surface area (Å²) in [6.45, 7) is 0. The second-order valence-corrected chi connectivity index (χ2v) is 4.58. The Labute approximate surface area is 76.3 Å². The molecule has 0 spiro atoms. The predicted molar refractivity (Wildman–Crippen MR) is 47.0 cm³/mol. The molecule has 0 heterocycles. The maximum absolute atomic E-state index is 11.1. The Morgan fingerprint density at radius 2 is 1.85 bits per heavy atom. The van der Waals surface area contributed by atoms with Crippen LogP contribution in [0.3, 0.4) is 0 Å². The number of benzene rings is 1. The standard InChI is InChI=1S/C8H8NO3S/c1-13(11,12)7-5-3-2-4-6(7)8(9)10/h2-5,9H,1H3. The second-order valence-electron chi connectivity index (χ2n) is 2.60. The zero-order valence-electron chi connectivity index (χ0n) is 6.94. The molecule has 1 N–H and O–H groups in total. The molecule has 69 valence electrons. The van der Waals surface area contributed by atoms with E-state index in [1.54, 1.807) is 0 Å². The molecule has 0 aromatic heterocycles. The number of carbonyl (C=O) groups excluding carboxylic acids is 1. The highest BCUT2D eigenvalue weighted by Gasteiger charge is 2.15. The van der Waals surface area contributed by atoms with Crippen LogP contribution in [0.2, 0.25) is 0 Å². The summed E-state index contributed by atoms with van der Waals surface area (Å²) in [5.74, 6) is -0.985. The first kappa shape index (κ1) is 9.73. The highest BCUT2D eigenvalue weighted by Crippen LogP contribution is 2.14. The summed E-state index contributed by atoms with van der Waals surface area (Å²) < 4.78 is 22.2. The molecule has 5 heteroatoms. The van der Waals surface area contributed by atoms with Gasteiger partial charge in [0, 0.05) is 6.26 Å². The van der Waals surface area contributed by atoms with Gasteiger partial charge in [-0.25, -0.2) is 8.42 Å². The SMILES string of the molecule is CS(=O)(=O)c1ccccc1C([NH])=O. The molecule has 0 aliphatic rings. The molecule has 13 heavy (non-hydrogen) atoms. The molecule has 1 aromatic rings. The Hall–Kier alpha value is -1.36. The molecule has 0 aliphatic heterocycles. The summed E-state index contributed by atoms with van der Waals surface area (Å²) in [6.07, 6.45) is 1.01. The third kappa shape index (κ3) is 2.06. The van der Waals surface area contributed by atoms with Crippen LogP contribution in [0, 0.1) is 0 Å². The molecular formula is C8H8NO3S. The van der Waals surface area contributed by atoms with Crippen LogP contribution in [0.25, 0.3) is 0 Å². The Balaban J connectivity index is 3.46. The zero-order chi connectivity index (χ0) is 10.1. The maximum atomic E-state index is 11.1. The fourth-order valence-corrected chi connectivity index (χ4v) is 1.86. The summed E-state index contributed by atoms with van der Waals surface area (Å²) in [6, 6.07) is 5.68. The number of sulfone groups is 1. The third-order valence-corrected chi connectivity index (χ3v) is 2.69. The number of rotatable bonds is 2. The highest BCUT2D eigenvalue weighted by atomic mass is 32.2. The molecule has 1 radical (unpaired) electrons. The molecule has 4 nitrogen and oxygen atoms in total. The summed E-state index contributed by atoms with van der Waals surface area (Å²) in [5.41, 5.74) is 6.76. The van der Waals surface area contributed by atoms with E-state index in [9.17, 15) is 13.2 Å². The molecular weight excluding hydrogens is 190 g/mol. The smallest absolute Gasteiger partial charge is 0.267 e. The minimum atomic E-state index is -3.42. The molecule has 1 aromatic carbocycles. The van der Waals surface area contributed by atoms with Crippen molar-refractivity contribution in [3.05, 3.63) is 29.8 Å². The van der Waals surface area contributed by atoms with Gasteiger partial charge in [-0.15, -0.1) is 0 Å². The average Bonchev–Trinajstić information content (AvgIpc) is 2.03. The van der Waals surface area contributed by atoms with Crippen LogP contribution in [-0.2, 0) is 9.84 Å². The van der Waals surface area contributed by atoms with E-state index in [-0.39, 0.29) is 10.5 Å². The first-order chi connectivity index (χ1) is 5.93. The van der Waals surface area contributed by atoms with Crippen LogP contribution in [-0.4, -0.2) is 20.6 Å². The fraction of sp³-hybridized carbons (Fsp3) is 0.125. The van der Waals surface area contributed by atoms with E-state index >= 15 is 0 Å². The van der Waals surface area contributed by atoms with Gasteiger partial charge < -0.3 is 0 Å². The normalized spacial score (nSPS) is 11.2. The van der Waals surface area contributed by atoms with Crippen LogP contribution < -0.4 is 5.73 Å². The maximum Gasteiger partial charge on any atom is 0.271 e. The molecule has 0 fully saturated rings. The fourth-order valence-electron chi connectivity index (χ4n) is 0.978. The first-order valence-electron chi connectivity index (χ1n) is 3.48. The minimum absolute atomic E-state index is 0.0787. The Morgan fingerprint density at radius 1 is 1.31 bits per heavy atom. The van der Waals surface area contributed by atoms with Gasteiger partial charge in [0.15, 0.2) is 9.84 Å². The van der Waals surface area contributed by atoms with E-state index in [1.807, 2.05) is 0 Å². The van der Waals surface area contributed by atoms with Gasteiger partial charge in [0.25, 0.3) is 5.91 Å². The zero-order valence-corrected chi connectivity index (χ0v) is 7.76. The number of amides is 1. The van der Waals surface area contributed by atoms with Crippen LogP contribution in [0.15, 0.2) is 29.2 Å². The van der Waals surface area contributed by atoms with Crippen LogP contribution in [0.4, 0.5) is 0 Å². The number of hydrogen-bond acceptors (Lipinski definition) is 3. The summed E-state index contributed by atoms with van der Waals surface area (Å²) in [7, 11) is -3.42. The summed E-state index contributed by atoms with van der Waals surface area (Å²) >= 11 is 0. The van der Waals surface area contributed by atoms with Crippen LogP contribution in [0.1, 0.15) is 10.4 Å². The number of nitrogens with one attached hydrogen (secondary N) is 1. The van der Waals surface area contributed by atoms with E-state index in [0.29, 0.717) is 0 Å². The quantitative estimate of drug-likeness (QED) is 0.694. The van der Waals surface area contributed by atoms with Crippen molar-refractivity contribution in [2.45, 2.75) is 4.90 Å². The van der Waals surface area contributed by atoms with E-state index < -0.39 is 15.7 Å². The van der Waals surface area contributed by atoms with E-state index in [0.717, 1.165) is 6.26 Å². The third-order valence-electron chi connectivity index (χ3n) is 1.53. The van der Waals surface area contributed by atoms with Crippen molar-refractivity contribution >= 4 is 15.7 Å². The van der Waals surface area contributed by atoms with Gasteiger partial charge in [0.05, 0.1) is 10.5 Å². The van der Waals surface area contributed by atoms with Gasteiger partial charge in [-0.3, -0.25) is 10.5 Å². The highest BCUT2D eigenvalue weighted by molar-refractivity contribution is 7.90. The predicted octanol–water partition coefficient (Wildman–Crippen LogP) is 0.513. The van der Waals surface area contributed by atoms with E-state index in [2.05, 4.69) is 0 Å². The molecule has 0 saturated carbocycles. The van der Waals surface area contributed by atoms with Crippen molar-refractivity contribution < 1.29 is 13.2 Å². The van der Waals surface area contributed by atoms with Crippen molar-refractivity contribution in [2.75, 3.05) is 6.26 Å². The summed E-state index contributed by atoms with van der Waals surface area (Å²) in [4.78, 5) is 10.6. The van der Waals surface area contributed by atoms with E-state index in [1.165, 1.54) is 24.3 Å². The lowest BCUT2D eigenvalue weighted by Gasteiger charge is -2.01. The molecule has 0 aliphatic carbocycles. The molecule has 0 bridgehead atoms. The average molecular weight is 198 g/mol. The monoisotopic (exact) mass is 198 g/mol. The van der Waals surface area contributed by atoms with Crippen molar-refractivity contribution in [3.63, 3.8) is 0 Å². The second kappa shape index (κ2) is 3.18. The topological polar surface area (TPSA) is 75.0 Å². The van der Waals surface area contributed by atoms with Crippen molar-refractivity contribution in [3.8, 4) is 0 Å². The van der Waals surface area contributed by atoms with Gasteiger partial charge >= 0.3 is 0 Å². The lowest BCUT2D eigenvalue weighted by Crippen LogP contribution is -2.08. The first-order valence-corrected chi connectivity index (χ1v) is 5.37. The van der Waals surface area contributed by atoms with Gasteiger partial charge in [0.1, 0.15) is 0 Å². The number of carbonyl (C=O) groups is 1. The molecule has 1 rings (SSSR count). The number of hydrogen-bond donors (Lipinski definition) is 0. The lowest BCUT2D eigenvalue weighted by atomic mass is 10.2. The summed E-state index contributed by atoms with van der Waals surface area (Å²) in [5, 5.41) is 0. The molecule has 1 amide bonds. The molecule has 0 unspecified atom stereocenters. The minimum Gasteiger partial charge on any atom is -0.267 e. The van der Waals surface area contributed by atoms with Gasteiger partial charge in [-0.2, -0.15) is 0 Å². The lowest BCUT2D eigenvalue weighted by molar-refractivity contribution is 0.0989. The van der Waals surface area contributed by atoms with Crippen LogP contribution in [0.5, 0.6) is 0 Å². The Kier molecular flexibility index (Phi) is 2.38. The van der Waals surface area contributed by atoms with Crippen LogP contribution >= 0.6 is 0 Å². The van der Waals surface area contributed by atoms with Crippen molar-refractivity contribution in [1.82, 2.24) is 5.73 Å². The van der Waals surface area contributed by atoms with Gasteiger partial charge in [0.2, 0.25) is 0 Å².